The molecule has 11 heavy (non-hydrogen) atoms. The number of aliphatic imine (C=N–C) groups is 1. The highest BCUT2D eigenvalue weighted by molar-refractivity contribution is 6.57. The minimum absolute atomic E-state index is 0.0945. The SMILES string of the molecule is CN=C=O.C[SiH]1CCCCC1. The van der Waals surface area contributed by atoms with Crippen molar-refractivity contribution in [3.8, 4) is 0 Å². The molecule has 0 amide bonds. The van der Waals surface area contributed by atoms with Crippen molar-refractivity contribution in [1.29, 1.82) is 0 Å². The second kappa shape index (κ2) is 7.70. The van der Waals surface area contributed by atoms with Crippen molar-refractivity contribution in [2.24, 2.45) is 4.99 Å². The summed E-state index contributed by atoms with van der Waals surface area (Å²) in [6.45, 7) is 2.50. The van der Waals surface area contributed by atoms with E-state index in [-0.39, 0.29) is 8.80 Å². The fraction of sp³-hybridized carbons (Fsp3) is 0.875. The van der Waals surface area contributed by atoms with E-state index in [0.717, 1.165) is 0 Å². The van der Waals surface area contributed by atoms with E-state index in [1.54, 1.807) is 24.9 Å². The van der Waals surface area contributed by atoms with Crippen LogP contribution in [0.4, 0.5) is 0 Å². The van der Waals surface area contributed by atoms with Crippen LogP contribution in [0.5, 0.6) is 0 Å². The summed E-state index contributed by atoms with van der Waals surface area (Å²) in [4.78, 5) is 11.8. The van der Waals surface area contributed by atoms with Crippen molar-refractivity contribution in [2.45, 2.75) is 37.9 Å². The summed E-state index contributed by atoms with van der Waals surface area (Å²) in [6.07, 6.45) is 5.93. The first kappa shape index (κ1) is 10.6. The van der Waals surface area contributed by atoms with Gasteiger partial charge in [-0.2, -0.15) is 0 Å². The van der Waals surface area contributed by atoms with Gasteiger partial charge in [-0.25, -0.2) is 9.79 Å². The third-order valence-electron chi connectivity index (χ3n) is 1.99. The van der Waals surface area contributed by atoms with E-state index in [9.17, 15) is 0 Å². The Morgan fingerprint density at radius 2 is 1.73 bits per heavy atom. The summed E-state index contributed by atoms with van der Waals surface area (Å²) in [5, 5.41) is 0. The zero-order chi connectivity index (χ0) is 8.53. The van der Waals surface area contributed by atoms with Crippen LogP contribution in [0.1, 0.15) is 19.3 Å². The van der Waals surface area contributed by atoms with Gasteiger partial charge in [-0.1, -0.05) is 37.9 Å². The number of isocyanates is 1. The molecule has 0 radical (unpaired) electrons. The molecule has 0 aliphatic carbocycles. The van der Waals surface area contributed by atoms with Crippen molar-refractivity contribution in [2.75, 3.05) is 7.05 Å². The first-order valence-electron chi connectivity index (χ1n) is 4.27. The predicted molar refractivity (Wildman–Crippen MR) is 50.5 cm³/mol. The van der Waals surface area contributed by atoms with Crippen LogP contribution in [0.25, 0.3) is 0 Å². The van der Waals surface area contributed by atoms with Crippen LogP contribution in [-0.4, -0.2) is 21.9 Å². The second-order valence-electron chi connectivity index (χ2n) is 3.06. The molecular weight excluding hydrogens is 154 g/mol. The normalized spacial score (nSPS) is 17.6. The van der Waals surface area contributed by atoms with E-state index >= 15 is 0 Å². The van der Waals surface area contributed by atoms with Crippen LogP contribution in [0.2, 0.25) is 18.6 Å². The van der Waals surface area contributed by atoms with Crippen molar-refractivity contribution in [1.82, 2.24) is 0 Å². The van der Waals surface area contributed by atoms with Gasteiger partial charge >= 0.3 is 0 Å². The maximum absolute atomic E-state index is 8.88. The highest BCUT2D eigenvalue weighted by Gasteiger charge is 2.07. The zero-order valence-corrected chi connectivity index (χ0v) is 8.62. The van der Waals surface area contributed by atoms with E-state index in [2.05, 4.69) is 11.5 Å². The van der Waals surface area contributed by atoms with Gasteiger partial charge in [0, 0.05) is 15.8 Å². The lowest BCUT2D eigenvalue weighted by Crippen LogP contribution is -2.09. The fourth-order valence-corrected chi connectivity index (χ4v) is 3.57. The van der Waals surface area contributed by atoms with Gasteiger partial charge in [0.2, 0.25) is 6.08 Å². The number of hydrogen-bond acceptors (Lipinski definition) is 2. The van der Waals surface area contributed by atoms with Gasteiger partial charge in [0.1, 0.15) is 0 Å². The molecule has 0 unspecified atom stereocenters. The molecule has 1 aliphatic rings. The standard InChI is InChI=1S/C6H14Si.C2H3NO/c1-7-5-3-2-4-6-7;1-3-2-4/h7H,2-6H2,1H3;1H3. The second-order valence-corrected chi connectivity index (χ2v) is 6.42. The van der Waals surface area contributed by atoms with Crippen molar-refractivity contribution >= 4 is 14.9 Å². The van der Waals surface area contributed by atoms with Crippen LogP contribution in [-0.2, 0) is 4.79 Å². The smallest absolute Gasteiger partial charge is 0.211 e. The Hall–Kier alpha value is -0.403. The molecule has 3 heteroatoms. The molecule has 0 aromatic rings. The minimum Gasteiger partial charge on any atom is -0.211 e. The van der Waals surface area contributed by atoms with Crippen LogP contribution in [0, 0.1) is 0 Å². The van der Waals surface area contributed by atoms with Gasteiger partial charge in [-0.05, 0) is 0 Å². The quantitative estimate of drug-likeness (QED) is 0.311. The molecule has 0 N–H and O–H groups in total. The molecule has 1 saturated heterocycles. The third-order valence-corrected chi connectivity index (χ3v) is 4.77. The highest BCUT2D eigenvalue weighted by Crippen LogP contribution is 2.17. The summed E-state index contributed by atoms with van der Waals surface area (Å²) in [7, 11) is 1.29. The molecular formula is C8H17NOSi. The molecule has 1 fully saturated rings. The Morgan fingerprint density at radius 1 is 1.27 bits per heavy atom. The molecule has 0 spiro atoms. The van der Waals surface area contributed by atoms with E-state index in [4.69, 9.17) is 4.79 Å². The molecule has 1 aliphatic heterocycles. The lowest BCUT2D eigenvalue weighted by molar-refractivity contribution is 0.564. The maximum Gasteiger partial charge on any atom is 0.234 e. The first-order chi connectivity index (χ1) is 5.31. The topological polar surface area (TPSA) is 29.4 Å². The summed E-state index contributed by atoms with van der Waals surface area (Å²) >= 11 is 0. The number of nitrogens with zero attached hydrogens (tertiary/aromatic N) is 1. The fourth-order valence-electron chi connectivity index (χ4n) is 1.31. The summed E-state index contributed by atoms with van der Waals surface area (Å²) in [5.74, 6) is 0. The van der Waals surface area contributed by atoms with E-state index in [0.29, 0.717) is 0 Å². The monoisotopic (exact) mass is 171 g/mol. The average Bonchev–Trinajstić information content (AvgIpc) is 2.07. The third kappa shape index (κ3) is 7.49. The molecule has 2 nitrogen and oxygen atoms in total. The van der Waals surface area contributed by atoms with E-state index < -0.39 is 0 Å². The Labute approximate surface area is 70.3 Å². The lowest BCUT2D eigenvalue weighted by atomic mass is 10.3. The van der Waals surface area contributed by atoms with Crippen LogP contribution >= 0.6 is 0 Å². The van der Waals surface area contributed by atoms with Gasteiger partial charge in [0.25, 0.3) is 0 Å². The number of carbonyl (C=O) groups excluding carboxylic acids is 1. The molecule has 0 saturated carbocycles. The van der Waals surface area contributed by atoms with Crippen LogP contribution < -0.4 is 0 Å². The van der Waals surface area contributed by atoms with Gasteiger partial charge in [-0.15, -0.1) is 0 Å². The molecule has 0 aromatic heterocycles. The van der Waals surface area contributed by atoms with Gasteiger partial charge in [0.15, 0.2) is 0 Å². The van der Waals surface area contributed by atoms with E-state index in [1.807, 2.05) is 0 Å². The van der Waals surface area contributed by atoms with Crippen molar-refractivity contribution < 1.29 is 4.79 Å². The molecule has 1 rings (SSSR count). The lowest BCUT2D eigenvalue weighted by Gasteiger charge is -2.14. The first-order valence-corrected chi connectivity index (χ1v) is 7.06. The Bertz CT molecular complexity index is 126. The van der Waals surface area contributed by atoms with Crippen LogP contribution in [0.15, 0.2) is 4.99 Å². The summed E-state index contributed by atoms with van der Waals surface area (Å²) in [5.41, 5.74) is 0. The van der Waals surface area contributed by atoms with Gasteiger partial charge in [-0.3, -0.25) is 0 Å². The minimum atomic E-state index is -0.0945. The van der Waals surface area contributed by atoms with E-state index in [1.165, 1.54) is 19.5 Å². The van der Waals surface area contributed by atoms with Crippen molar-refractivity contribution in [3.05, 3.63) is 0 Å². The van der Waals surface area contributed by atoms with Crippen molar-refractivity contribution in [3.63, 3.8) is 0 Å². The Kier molecular flexibility index (Phi) is 7.42. The highest BCUT2D eigenvalue weighted by atomic mass is 28.3. The maximum atomic E-state index is 8.88. The zero-order valence-electron chi connectivity index (χ0n) is 7.47. The Balaban J connectivity index is 0.000000218. The molecule has 0 aromatic carbocycles. The molecule has 1 heterocycles. The number of rotatable bonds is 0. The number of hydrogen-bond donors (Lipinski definition) is 0. The molecule has 0 atom stereocenters. The summed E-state index contributed by atoms with van der Waals surface area (Å²) < 4.78 is 0. The molecule has 64 valence electrons. The van der Waals surface area contributed by atoms with Gasteiger partial charge < -0.3 is 0 Å². The summed E-state index contributed by atoms with van der Waals surface area (Å²) in [6, 6.07) is 3.25. The van der Waals surface area contributed by atoms with Gasteiger partial charge in [0.05, 0.1) is 0 Å². The predicted octanol–water partition coefficient (Wildman–Crippen LogP) is 1.98. The average molecular weight is 171 g/mol. The Morgan fingerprint density at radius 3 is 1.91 bits per heavy atom. The molecule has 0 bridgehead atoms. The van der Waals surface area contributed by atoms with Crippen LogP contribution in [0.3, 0.4) is 0 Å². The largest absolute Gasteiger partial charge is 0.234 e.